The average molecular weight is 245 g/mol. The molecule has 5 heteroatoms. The van der Waals surface area contributed by atoms with Gasteiger partial charge in [-0.3, -0.25) is 4.79 Å². The Morgan fingerprint density at radius 2 is 2.12 bits per heavy atom. The molecule has 1 N–H and O–H groups in total. The van der Waals surface area contributed by atoms with E-state index < -0.39 is 12.0 Å². The SMILES string of the molecule is CCC(=O)N1[C@@H](C(=O)O)CS[C@@H]1CC(C)C. The molecule has 0 unspecified atom stereocenters. The van der Waals surface area contributed by atoms with E-state index in [1.54, 1.807) is 23.6 Å². The number of hydrogen-bond acceptors (Lipinski definition) is 3. The van der Waals surface area contributed by atoms with Crippen LogP contribution in [0.25, 0.3) is 0 Å². The lowest BCUT2D eigenvalue weighted by atomic mass is 10.1. The standard InChI is InChI=1S/C11H19NO3S/c1-4-9(13)12-8(11(14)15)6-16-10(12)5-7(2)3/h7-8,10H,4-6H2,1-3H3,(H,14,15)/t8-,10-/m1/s1. The van der Waals surface area contributed by atoms with E-state index in [0.29, 0.717) is 18.1 Å². The summed E-state index contributed by atoms with van der Waals surface area (Å²) in [5.41, 5.74) is 0. The fourth-order valence-corrected chi connectivity index (χ4v) is 3.51. The lowest BCUT2D eigenvalue weighted by Crippen LogP contribution is -2.45. The first-order valence-electron chi connectivity index (χ1n) is 5.63. The van der Waals surface area contributed by atoms with Crippen LogP contribution in [0.5, 0.6) is 0 Å². The van der Waals surface area contributed by atoms with Gasteiger partial charge >= 0.3 is 5.97 Å². The molecule has 1 aliphatic rings. The van der Waals surface area contributed by atoms with Gasteiger partial charge < -0.3 is 10.0 Å². The van der Waals surface area contributed by atoms with Crippen molar-refractivity contribution in [2.75, 3.05) is 5.75 Å². The number of carboxylic acid groups (broad SMARTS) is 1. The van der Waals surface area contributed by atoms with Crippen LogP contribution < -0.4 is 0 Å². The number of amides is 1. The maximum Gasteiger partial charge on any atom is 0.327 e. The minimum Gasteiger partial charge on any atom is -0.480 e. The summed E-state index contributed by atoms with van der Waals surface area (Å²) in [4.78, 5) is 24.4. The zero-order chi connectivity index (χ0) is 12.3. The monoisotopic (exact) mass is 245 g/mol. The molecule has 1 amide bonds. The number of hydrogen-bond donors (Lipinski definition) is 1. The molecule has 92 valence electrons. The van der Waals surface area contributed by atoms with Gasteiger partial charge in [0, 0.05) is 12.2 Å². The van der Waals surface area contributed by atoms with Crippen molar-refractivity contribution in [1.82, 2.24) is 4.90 Å². The Morgan fingerprint density at radius 3 is 2.56 bits per heavy atom. The molecule has 0 aromatic heterocycles. The van der Waals surface area contributed by atoms with Crippen molar-refractivity contribution in [2.45, 2.75) is 45.0 Å². The van der Waals surface area contributed by atoms with E-state index in [4.69, 9.17) is 5.11 Å². The minimum absolute atomic E-state index is 0.0357. The first-order valence-corrected chi connectivity index (χ1v) is 6.67. The molecule has 0 aliphatic carbocycles. The van der Waals surface area contributed by atoms with Gasteiger partial charge in [-0.1, -0.05) is 20.8 Å². The van der Waals surface area contributed by atoms with E-state index in [1.165, 1.54) is 0 Å². The highest BCUT2D eigenvalue weighted by Gasteiger charge is 2.40. The van der Waals surface area contributed by atoms with Crippen molar-refractivity contribution < 1.29 is 14.7 Å². The molecule has 0 aromatic rings. The highest BCUT2D eigenvalue weighted by atomic mass is 32.2. The van der Waals surface area contributed by atoms with Gasteiger partial charge in [0.25, 0.3) is 0 Å². The van der Waals surface area contributed by atoms with Gasteiger partial charge in [0.2, 0.25) is 5.91 Å². The Bertz CT molecular complexity index is 280. The Balaban J connectivity index is 2.79. The summed E-state index contributed by atoms with van der Waals surface area (Å²) in [6.45, 7) is 5.95. The number of rotatable bonds is 4. The highest BCUT2D eigenvalue weighted by Crippen LogP contribution is 2.33. The molecule has 0 spiro atoms. The number of carbonyl (C=O) groups excluding carboxylic acids is 1. The van der Waals surface area contributed by atoms with Gasteiger partial charge in [-0.15, -0.1) is 11.8 Å². The molecule has 2 atom stereocenters. The maximum absolute atomic E-state index is 11.8. The van der Waals surface area contributed by atoms with Crippen LogP contribution in [0.15, 0.2) is 0 Å². The van der Waals surface area contributed by atoms with Crippen LogP contribution >= 0.6 is 11.8 Å². The van der Waals surface area contributed by atoms with E-state index in [1.807, 2.05) is 0 Å². The third-order valence-electron chi connectivity index (χ3n) is 2.64. The zero-order valence-corrected chi connectivity index (χ0v) is 10.8. The Labute approximate surface area is 100 Å². The summed E-state index contributed by atoms with van der Waals surface area (Å²) < 4.78 is 0. The predicted molar refractivity (Wildman–Crippen MR) is 64.3 cm³/mol. The fourth-order valence-electron chi connectivity index (χ4n) is 1.86. The first kappa shape index (κ1) is 13.4. The zero-order valence-electron chi connectivity index (χ0n) is 9.97. The molecular weight excluding hydrogens is 226 g/mol. The molecule has 1 saturated heterocycles. The molecular formula is C11H19NO3S. The fraction of sp³-hybridized carbons (Fsp3) is 0.818. The summed E-state index contributed by atoms with van der Waals surface area (Å²) >= 11 is 1.58. The van der Waals surface area contributed by atoms with Gasteiger partial charge in [0.15, 0.2) is 0 Å². The van der Waals surface area contributed by atoms with E-state index in [-0.39, 0.29) is 11.3 Å². The topological polar surface area (TPSA) is 57.6 Å². The summed E-state index contributed by atoms with van der Waals surface area (Å²) in [5.74, 6) is 0.0409. The number of carbonyl (C=O) groups is 2. The summed E-state index contributed by atoms with van der Waals surface area (Å²) in [6, 6.07) is -0.638. The number of thioether (sulfide) groups is 1. The first-order chi connectivity index (χ1) is 7.47. The van der Waals surface area contributed by atoms with Crippen molar-refractivity contribution in [3.8, 4) is 0 Å². The third kappa shape index (κ3) is 2.90. The largest absolute Gasteiger partial charge is 0.480 e. The van der Waals surface area contributed by atoms with Crippen molar-refractivity contribution in [3.63, 3.8) is 0 Å². The van der Waals surface area contributed by atoms with Gasteiger partial charge in [0.1, 0.15) is 6.04 Å². The van der Waals surface area contributed by atoms with Crippen LogP contribution in [0.4, 0.5) is 0 Å². The molecule has 1 rings (SSSR count). The van der Waals surface area contributed by atoms with E-state index in [0.717, 1.165) is 6.42 Å². The maximum atomic E-state index is 11.8. The van der Waals surface area contributed by atoms with Gasteiger partial charge in [-0.05, 0) is 12.3 Å². The molecule has 0 aromatic carbocycles. The van der Waals surface area contributed by atoms with Crippen molar-refractivity contribution in [3.05, 3.63) is 0 Å². The Hall–Kier alpha value is -0.710. The normalized spacial score (nSPS) is 25.1. The van der Waals surface area contributed by atoms with Crippen molar-refractivity contribution in [1.29, 1.82) is 0 Å². The second-order valence-electron chi connectivity index (χ2n) is 4.43. The van der Waals surface area contributed by atoms with E-state index in [9.17, 15) is 9.59 Å². The smallest absolute Gasteiger partial charge is 0.327 e. The highest BCUT2D eigenvalue weighted by molar-refractivity contribution is 8.00. The summed E-state index contributed by atoms with van der Waals surface area (Å²) in [6.07, 6.45) is 1.24. The molecule has 1 aliphatic heterocycles. The predicted octanol–water partition coefficient (Wildman–Crippen LogP) is 1.80. The molecule has 1 heterocycles. The van der Waals surface area contributed by atoms with Crippen LogP contribution in [-0.4, -0.2) is 39.1 Å². The summed E-state index contributed by atoms with van der Waals surface area (Å²) in [7, 11) is 0. The van der Waals surface area contributed by atoms with Crippen molar-refractivity contribution in [2.24, 2.45) is 5.92 Å². The van der Waals surface area contributed by atoms with Crippen LogP contribution in [0.2, 0.25) is 0 Å². The lowest BCUT2D eigenvalue weighted by Gasteiger charge is -2.28. The second-order valence-corrected chi connectivity index (χ2v) is 5.64. The van der Waals surface area contributed by atoms with Crippen LogP contribution in [0, 0.1) is 5.92 Å². The molecule has 16 heavy (non-hydrogen) atoms. The third-order valence-corrected chi connectivity index (χ3v) is 3.95. The summed E-state index contributed by atoms with van der Waals surface area (Å²) in [5, 5.41) is 9.11. The van der Waals surface area contributed by atoms with Crippen LogP contribution in [-0.2, 0) is 9.59 Å². The Kier molecular flexibility index (Phi) is 4.65. The molecule has 0 bridgehead atoms. The van der Waals surface area contributed by atoms with E-state index >= 15 is 0 Å². The molecule has 1 fully saturated rings. The molecule has 4 nitrogen and oxygen atoms in total. The van der Waals surface area contributed by atoms with Crippen LogP contribution in [0.3, 0.4) is 0 Å². The average Bonchev–Trinajstić information content (AvgIpc) is 2.59. The second kappa shape index (κ2) is 5.57. The lowest BCUT2D eigenvalue weighted by molar-refractivity contribution is -0.149. The van der Waals surface area contributed by atoms with E-state index in [2.05, 4.69) is 13.8 Å². The molecule has 0 saturated carbocycles. The number of carboxylic acids is 1. The van der Waals surface area contributed by atoms with Gasteiger partial charge in [-0.25, -0.2) is 4.79 Å². The molecule has 0 radical (unpaired) electrons. The Morgan fingerprint density at radius 1 is 1.50 bits per heavy atom. The number of aliphatic carboxylic acids is 1. The van der Waals surface area contributed by atoms with Gasteiger partial charge in [0.05, 0.1) is 5.37 Å². The number of nitrogens with zero attached hydrogens (tertiary/aromatic N) is 1. The van der Waals surface area contributed by atoms with Gasteiger partial charge in [-0.2, -0.15) is 0 Å². The quantitative estimate of drug-likeness (QED) is 0.820. The minimum atomic E-state index is -0.888. The van der Waals surface area contributed by atoms with Crippen LogP contribution in [0.1, 0.15) is 33.6 Å². The van der Waals surface area contributed by atoms with Crippen molar-refractivity contribution >= 4 is 23.6 Å².